The minimum atomic E-state index is -0.794. The highest BCUT2D eigenvalue weighted by molar-refractivity contribution is 5.85. The van der Waals surface area contributed by atoms with Crippen molar-refractivity contribution >= 4 is 12.4 Å². The van der Waals surface area contributed by atoms with Gasteiger partial charge in [-0.05, 0) is 44.2 Å². The van der Waals surface area contributed by atoms with Crippen LogP contribution in [0, 0.1) is 5.41 Å². The Kier molecular flexibility index (Phi) is 2.99. The number of likely N-dealkylation sites (tertiary alicyclic amines) is 1. The van der Waals surface area contributed by atoms with Crippen LogP contribution in [0.5, 0.6) is 0 Å². The van der Waals surface area contributed by atoms with E-state index in [1.807, 2.05) is 0 Å². The van der Waals surface area contributed by atoms with Crippen molar-refractivity contribution < 1.29 is 4.39 Å². The van der Waals surface area contributed by atoms with E-state index in [-0.39, 0.29) is 12.4 Å². The zero-order chi connectivity index (χ0) is 9.65. The van der Waals surface area contributed by atoms with Crippen LogP contribution < -0.4 is 5.32 Å². The molecule has 1 spiro atoms. The number of hydrogen-bond donors (Lipinski definition) is 1. The van der Waals surface area contributed by atoms with Gasteiger partial charge in [-0.3, -0.25) is 4.90 Å². The first-order valence-corrected chi connectivity index (χ1v) is 5.82. The van der Waals surface area contributed by atoms with Crippen LogP contribution >= 0.6 is 12.4 Å². The van der Waals surface area contributed by atoms with Gasteiger partial charge in [-0.1, -0.05) is 0 Å². The number of halogens is 2. The average molecular weight is 235 g/mol. The fraction of sp³-hybridized carbons (Fsp3) is 1.00. The molecule has 0 bridgehead atoms. The third-order valence-corrected chi connectivity index (χ3v) is 4.15. The van der Waals surface area contributed by atoms with E-state index < -0.39 is 5.67 Å². The molecular weight excluding hydrogens is 215 g/mol. The van der Waals surface area contributed by atoms with Gasteiger partial charge in [0.15, 0.2) is 0 Å². The summed E-state index contributed by atoms with van der Waals surface area (Å²) in [7, 11) is 0. The molecule has 1 unspecified atom stereocenters. The molecule has 0 amide bonds. The summed E-state index contributed by atoms with van der Waals surface area (Å²) in [6.45, 7) is 5.27. The Hall–Kier alpha value is 0.140. The third kappa shape index (κ3) is 2.29. The minimum Gasteiger partial charge on any atom is -0.316 e. The van der Waals surface area contributed by atoms with Crippen molar-refractivity contribution in [3.05, 3.63) is 0 Å². The van der Waals surface area contributed by atoms with Crippen LogP contribution in [0.2, 0.25) is 0 Å². The first-order chi connectivity index (χ1) is 6.70. The second-order valence-corrected chi connectivity index (χ2v) is 5.54. The maximum Gasteiger partial charge on any atom is 0.123 e. The Morgan fingerprint density at radius 1 is 1.20 bits per heavy atom. The van der Waals surface area contributed by atoms with Gasteiger partial charge in [0, 0.05) is 19.6 Å². The largest absolute Gasteiger partial charge is 0.316 e. The van der Waals surface area contributed by atoms with Crippen molar-refractivity contribution in [1.29, 1.82) is 0 Å². The average Bonchev–Trinajstić information content (AvgIpc) is 2.65. The molecular formula is C11H20ClFN2. The number of alkyl halides is 1. The molecule has 0 aromatic rings. The van der Waals surface area contributed by atoms with E-state index in [1.165, 1.54) is 12.8 Å². The third-order valence-electron chi connectivity index (χ3n) is 4.15. The number of nitrogens with zero attached hydrogens (tertiary/aromatic N) is 1. The zero-order valence-electron chi connectivity index (χ0n) is 9.10. The smallest absolute Gasteiger partial charge is 0.123 e. The van der Waals surface area contributed by atoms with Crippen molar-refractivity contribution in [2.75, 3.05) is 32.7 Å². The van der Waals surface area contributed by atoms with Crippen LogP contribution in [0.1, 0.15) is 25.7 Å². The van der Waals surface area contributed by atoms with Crippen molar-refractivity contribution in [3.8, 4) is 0 Å². The van der Waals surface area contributed by atoms with Crippen molar-refractivity contribution in [1.82, 2.24) is 10.2 Å². The molecule has 2 aliphatic heterocycles. The van der Waals surface area contributed by atoms with E-state index in [1.54, 1.807) is 0 Å². The molecule has 3 fully saturated rings. The van der Waals surface area contributed by atoms with Gasteiger partial charge in [-0.15, -0.1) is 12.4 Å². The molecule has 2 nitrogen and oxygen atoms in total. The molecule has 3 aliphatic rings. The quantitative estimate of drug-likeness (QED) is 0.781. The summed E-state index contributed by atoms with van der Waals surface area (Å²) in [4.78, 5) is 2.35. The highest BCUT2D eigenvalue weighted by Gasteiger charge is 2.48. The lowest BCUT2D eigenvalue weighted by Crippen LogP contribution is -2.33. The molecule has 88 valence electrons. The molecule has 2 saturated heterocycles. The maximum absolute atomic E-state index is 13.6. The molecule has 3 rings (SSSR count). The normalized spacial score (nSPS) is 38.2. The monoisotopic (exact) mass is 234 g/mol. The van der Waals surface area contributed by atoms with Crippen LogP contribution in [-0.4, -0.2) is 43.3 Å². The van der Waals surface area contributed by atoms with E-state index in [0.717, 1.165) is 39.0 Å². The summed E-state index contributed by atoms with van der Waals surface area (Å²) < 4.78 is 13.6. The Morgan fingerprint density at radius 2 is 2.00 bits per heavy atom. The summed E-state index contributed by atoms with van der Waals surface area (Å²) >= 11 is 0. The molecule has 0 aromatic heterocycles. The minimum absolute atomic E-state index is 0. The molecule has 1 aliphatic carbocycles. The van der Waals surface area contributed by atoms with Crippen LogP contribution in [0.3, 0.4) is 0 Å². The van der Waals surface area contributed by atoms with Crippen LogP contribution in [0.15, 0.2) is 0 Å². The highest BCUT2D eigenvalue weighted by atomic mass is 35.5. The number of rotatable bonds is 2. The standard InChI is InChI=1S/C11H19FN2.ClH/c12-11(1-2-11)9-14-6-4-10(8-14)3-5-13-7-10;/h13H,1-9H2;1H. The zero-order valence-corrected chi connectivity index (χ0v) is 9.91. The van der Waals surface area contributed by atoms with Gasteiger partial charge in [-0.2, -0.15) is 0 Å². The molecule has 4 heteroatoms. The maximum atomic E-state index is 13.6. The van der Waals surface area contributed by atoms with Gasteiger partial charge >= 0.3 is 0 Å². The fourth-order valence-corrected chi connectivity index (χ4v) is 3.00. The van der Waals surface area contributed by atoms with E-state index in [4.69, 9.17) is 0 Å². The van der Waals surface area contributed by atoms with Crippen molar-refractivity contribution in [3.63, 3.8) is 0 Å². The lowest BCUT2D eigenvalue weighted by molar-refractivity contribution is 0.186. The lowest BCUT2D eigenvalue weighted by atomic mass is 9.87. The Bertz CT molecular complexity index is 237. The molecule has 1 N–H and O–H groups in total. The van der Waals surface area contributed by atoms with Gasteiger partial charge in [-0.25, -0.2) is 4.39 Å². The summed E-state index contributed by atoms with van der Waals surface area (Å²) in [5, 5.41) is 3.43. The highest BCUT2D eigenvalue weighted by Crippen LogP contribution is 2.43. The predicted octanol–water partition coefficient (Wildman–Crippen LogP) is 1.60. The van der Waals surface area contributed by atoms with Gasteiger partial charge in [0.25, 0.3) is 0 Å². The molecule has 15 heavy (non-hydrogen) atoms. The molecule has 1 atom stereocenters. The van der Waals surface area contributed by atoms with Crippen LogP contribution in [0.4, 0.5) is 4.39 Å². The number of hydrogen-bond acceptors (Lipinski definition) is 2. The van der Waals surface area contributed by atoms with E-state index in [9.17, 15) is 4.39 Å². The summed E-state index contributed by atoms with van der Waals surface area (Å²) in [5.41, 5.74) is -0.289. The second-order valence-electron chi connectivity index (χ2n) is 5.54. The van der Waals surface area contributed by atoms with Crippen molar-refractivity contribution in [2.24, 2.45) is 5.41 Å². The topological polar surface area (TPSA) is 15.3 Å². The Morgan fingerprint density at radius 3 is 2.60 bits per heavy atom. The summed E-state index contributed by atoms with van der Waals surface area (Å²) in [6.07, 6.45) is 4.17. The second kappa shape index (κ2) is 3.86. The molecule has 1 saturated carbocycles. The van der Waals surface area contributed by atoms with Gasteiger partial charge in [0.05, 0.1) is 0 Å². The van der Waals surface area contributed by atoms with Crippen LogP contribution in [0.25, 0.3) is 0 Å². The van der Waals surface area contributed by atoms with Gasteiger partial charge in [0.1, 0.15) is 5.67 Å². The van der Waals surface area contributed by atoms with Crippen LogP contribution in [-0.2, 0) is 0 Å². The van der Waals surface area contributed by atoms with Crippen molar-refractivity contribution in [2.45, 2.75) is 31.4 Å². The van der Waals surface area contributed by atoms with Gasteiger partial charge in [0.2, 0.25) is 0 Å². The van der Waals surface area contributed by atoms with E-state index in [2.05, 4.69) is 10.2 Å². The summed E-state index contributed by atoms with van der Waals surface area (Å²) in [6, 6.07) is 0. The SMILES string of the molecule is Cl.FC1(CN2CCC3(CCNC3)C2)CC1. The first kappa shape index (κ1) is 11.6. The van der Waals surface area contributed by atoms with E-state index in [0.29, 0.717) is 12.0 Å². The lowest BCUT2D eigenvalue weighted by Gasteiger charge is -2.23. The first-order valence-electron chi connectivity index (χ1n) is 5.82. The Balaban J connectivity index is 0.000000853. The number of nitrogens with one attached hydrogen (secondary N) is 1. The molecule has 2 heterocycles. The predicted molar refractivity (Wildman–Crippen MR) is 61.3 cm³/mol. The van der Waals surface area contributed by atoms with Gasteiger partial charge < -0.3 is 5.32 Å². The summed E-state index contributed by atoms with van der Waals surface area (Å²) in [5.74, 6) is 0. The fourth-order valence-electron chi connectivity index (χ4n) is 3.00. The molecule has 0 radical (unpaired) electrons. The Labute approximate surface area is 97.0 Å². The van der Waals surface area contributed by atoms with E-state index >= 15 is 0 Å². The molecule has 0 aromatic carbocycles.